The molecule has 1 N–H and O–H groups in total. The van der Waals surface area contributed by atoms with Crippen LogP contribution in [-0.4, -0.2) is 39.7 Å². The van der Waals surface area contributed by atoms with Gasteiger partial charge in [-0.2, -0.15) is 0 Å². The van der Waals surface area contributed by atoms with Gasteiger partial charge in [-0.05, 0) is 74.6 Å². The zero-order valence-electron chi connectivity index (χ0n) is 22.6. The molecular formula is C33H39N3O3. The summed E-state index contributed by atoms with van der Waals surface area (Å²) in [5.41, 5.74) is 1.29. The number of Topliss-reactive ketones (excluding diaryl/α,β-unsaturated/α-hetero) is 1. The Morgan fingerprint density at radius 1 is 0.923 bits per heavy atom. The average Bonchev–Trinajstić information content (AvgIpc) is 3.23. The van der Waals surface area contributed by atoms with Gasteiger partial charge in [-0.1, -0.05) is 55.7 Å². The van der Waals surface area contributed by atoms with Gasteiger partial charge in [-0.25, -0.2) is 0 Å². The van der Waals surface area contributed by atoms with E-state index in [0.29, 0.717) is 31.1 Å². The van der Waals surface area contributed by atoms with Crippen LogP contribution >= 0.6 is 0 Å². The molecule has 204 valence electrons. The quantitative estimate of drug-likeness (QED) is 0.352. The maximum absolute atomic E-state index is 14.0. The SMILES string of the molecule is O=C(Nc1ccccc1-n1cccc1)[C@@H]1CCCN1C(=O)CC1CCCCC[C@@H]1C(=O)C12C=CCC=CC1C2. The van der Waals surface area contributed by atoms with E-state index in [4.69, 9.17) is 0 Å². The molecule has 1 aromatic carbocycles. The minimum atomic E-state index is -0.475. The van der Waals surface area contributed by atoms with Gasteiger partial charge in [0.1, 0.15) is 11.8 Å². The van der Waals surface area contributed by atoms with Crippen LogP contribution in [0.2, 0.25) is 0 Å². The highest BCUT2D eigenvalue weighted by atomic mass is 16.2. The summed E-state index contributed by atoms with van der Waals surface area (Å²) in [4.78, 5) is 43.0. The van der Waals surface area contributed by atoms with Crippen LogP contribution < -0.4 is 5.32 Å². The van der Waals surface area contributed by atoms with Gasteiger partial charge in [0.15, 0.2) is 0 Å². The number of amides is 2. The Kier molecular flexibility index (Phi) is 7.28. The summed E-state index contributed by atoms with van der Waals surface area (Å²) in [5, 5.41) is 3.10. The van der Waals surface area contributed by atoms with Crippen molar-refractivity contribution in [1.29, 1.82) is 0 Å². The van der Waals surface area contributed by atoms with E-state index in [1.54, 1.807) is 4.90 Å². The van der Waals surface area contributed by atoms with Crippen LogP contribution in [0.1, 0.15) is 64.2 Å². The number of carbonyl (C=O) groups is 3. The summed E-state index contributed by atoms with van der Waals surface area (Å²) in [6, 6.07) is 11.2. The molecule has 6 heteroatoms. The highest BCUT2D eigenvalue weighted by Gasteiger charge is 2.58. The molecule has 39 heavy (non-hydrogen) atoms. The highest BCUT2D eigenvalue weighted by Crippen LogP contribution is 2.59. The van der Waals surface area contributed by atoms with Crippen molar-refractivity contribution >= 4 is 23.3 Å². The zero-order valence-corrected chi connectivity index (χ0v) is 22.6. The van der Waals surface area contributed by atoms with Gasteiger partial charge in [-0.15, -0.1) is 0 Å². The van der Waals surface area contributed by atoms with Crippen molar-refractivity contribution in [3.05, 3.63) is 73.1 Å². The fraction of sp³-hybridized carbons (Fsp3) is 0.485. The van der Waals surface area contributed by atoms with E-state index >= 15 is 0 Å². The molecule has 0 spiro atoms. The Labute approximate surface area is 231 Å². The second-order valence-electron chi connectivity index (χ2n) is 11.8. The molecule has 6 rings (SSSR count). The van der Waals surface area contributed by atoms with Crippen LogP contribution in [0.3, 0.4) is 0 Å². The summed E-state index contributed by atoms with van der Waals surface area (Å²) >= 11 is 0. The second-order valence-corrected chi connectivity index (χ2v) is 11.8. The molecule has 0 radical (unpaired) electrons. The van der Waals surface area contributed by atoms with Crippen LogP contribution in [0, 0.1) is 23.2 Å². The number of anilines is 1. The van der Waals surface area contributed by atoms with E-state index in [-0.39, 0.29) is 29.1 Å². The van der Waals surface area contributed by atoms with Crippen molar-refractivity contribution in [2.45, 2.75) is 70.3 Å². The smallest absolute Gasteiger partial charge is 0.247 e. The van der Waals surface area contributed by atoms with Crippen LogP contribution in [0.5, 0.6) is 0 Å². The lowest BCUT2D eigenvalue weighted by molar-refractivity contribution is -0.138. The first-order chi connectivity index (χ1) is 19.1. The van der Waals surface area contributed by atoms with Gasteiger partial charge in [0.05, 0.1) is 16.8 Å². The number of aromatic nitrogens is 1. The first-order valence-electron chi connectivity index (χ1n) is 14.8. The van der Waals surface area contributed by atoms with Crippen LogP contribution in [-0.2, 0) is 14.4 Å². The molecule has 2 heterocycles. The minimum absolute atomic E-state index is 0.0252. The molecule has 3 aliphatic carbocycles. The van der Waals surface area contributed by atoms with Gasteiger partial charge < -0.3 is 14.8 Å². The molecule has 2 saturated carbocycles. The van der Waals surface area contributed by atoms with Crippen LogP contribution in [0.15, 0.2) is 73.1 Å². The Bertz CT molecular complexity index is 1280. The number of hydrogen-bond donors (Lipinski definition) is 1. The second kappa shape index (κ2) is 11.0. The molecule has 6 nitrogen and oxygen atoms in total. The van der Waals surface area contributed by atoms with Crippen LogP contribution in [0.4, 0.5) is 5.69 Å². The Morgan fingerprint density at radius 2 is 1.74 bits per heavy atom. The van der Waals surface area contributed by atoms with E-state index in [0.717, 1.165) is 62.7 Å². The van der Waals surface area contributed by atoms with Crippen molar-refractivity contribution in [2.24, 2.45) is 23.2 Å². The Balaban J connectivity index is 1.15. The molecule has 3 fully saturated rings. The maximum atomic E-state index is 14.0. The molecule has 5 atom stereocenters. The topological polar surface area (TPSA) is 71.4 Å². The van der Waals surface area contributed by atoms with E-state index < -0.39 is 6.04 Å². The van der Waals surface area contributed by atoms with Gasteiger partial charge in [0.2, 0.25) is 11.8 Å². The number of carbonyl (C=O) groups excluding carboxylic acids is 3. The molecule has 2 aromatic rings. The molecular weight excluding hydrogens is 486 g/mol. The number of para-hydroxylation sites is 2. The van der Waals surface area contributed by atoms with Crippen LogP contribution in [0.25, 0.3) is 5.69 Å². The van der Waals surface area contributed by atoms with Gasteiger partial charge >= 0.3 is 0 Å². The first-order valence-corrected chi connectivity index (χ1v) is 14.8. The summed E-state index contributed by atoms with van der Waals surface area (Å²) in [6.45, 7) is 0.598. The fourth-order valence-corrected chi connectivity index (χ4v) is 7.22. The summed E-state index contributed by atoms with van der Waals surface area (Å²) in [7, 11) is 0. The largest absolute Gasteiger partial charge is 0.331 e. The number of nitrogens with one attached hydrogen (secondary N) is 1. The number of nitrogens with zero attached hydrogens (tertiary/aromatic N) is 2. The highest BCUT2D eigenvalue weighted by molar-refractivity contribution is 5.99. The number of rotatable bonds is 7. The summed E-state index contributed by atoms with van der Waals surface area (Å²) in [5.74, 6) is 0.557. The summed E-state index contributed by atoms with van der Waals surface area (Å²) in [6.07, 6.45) is 21.3. The Hall–Kier alpha value is -3.41. The standard InChI is InChI=1S/C33H39N3O3/c37-30(22-24-12-3-1-5-14-26(24)31(38)33-18-8-2-4-13-25(33)23-33)36-21-11-17-29(36)32(39)34-27-15-6-7-16-28(27)35-19-9-10-20-35/h4,6-10,13,15-16,18-20,24-26,29H,1-3,5,11-12,14,17,21-23H2,(H,34,39)/t24?,25?,26-,29-,33?/m0/s1. The third kappa shape index (κ3) is 5.13. The van der Waals surface area contributed by atoms with Gasteiger partial charge in [0.25, 0.3) is 0 Å². The Morgan fingerprint density at radius 3 is 2.62 bits per heavy atom. The monoisotopic (exact) mass is 525 g/mol. The minimum Gasteiger partial charge on any atom is -0.331 e. The van der Waals surface area contributed by atoms with Gasteiger partial charge in [0, 0.05) is 31.3 Å². The lowest BCUT2D eigenvalue weighted by atomic mass is 9.76. The predicted octanol–water partition coefficient (Wildman–Crippen LogP) is 6.08. The number of hydrogen-bond acceptors (Lipinski definition) is 3. The molecule has 0 bridgehead atoms. The number of benzene rings is 1. The number of fused-ring (bicyclic) bond motifs is 1. The third-order valence-corrected chi connectivity index (χ3v) is 9.43. The molecule has 2 amide bonds. The first kappa shape index (κ1) is 25.8. The normalized spacial score (nSPS) is 29.8. The van der Waals surface area contributed by atoms with E-state index in [1.165, 1.54) is 0 Å². The molecule has 3 unspecified atom stereocenters. The molecule has 1 saturated heterocycles. The van der Waals surface area contributed by atoms with Crippen molar-refractivity contribution in [1.82, 2.24) is 9.47 Å². The van der Waals surface area contributed by atoms with E-state index in [1.807, 2.05) is 53.4 Å². The molecule has 4 aliphatic rings. The average molecular weight is 526 g/mol. The van der Waals surface area contributed by atoms with E-state index in [2.05, 4.69) is 29.6 Å². The predicted molar refractivity (Wildman–Crippen MR) is 152 cm³/mol. The number of ketones is 1. The lowest BCUT2D eigenvalue weighted by Crippen LogP contribution is -2.44. The maximum Gasteiger partial charge on any atom is 0.247 e. The molecule has 1 aliphatic heterocycles. The lowest BCUT2D eigenvalue weighted by Gasteiger charge is -2.30. The molecule has 1 aromatic heterocycles. The summed E-state index contributed by atoms with van der Waals surface area (Å²) < 4.78 is 1.97. The number of allylic oxidation sites excluding steroid dienone is 4. The van der Waals surface area contributed by atoms with E-state index in [9.17, 15) is 14.4 Å². The van der Waals surface area contributed by atoms with Crippen molar-refractivity contribution in [2.75, 3.05) is 11.9 Å². The third-order valence-electron chi connectivity index (χ3n) is 9.43. The number of likely N-dealkylation sites (tertiary alicyclic amines) is 1. The van der Waals surface area contributed by atoms with Crippen molar-refractivity contribution in [3.63, 3.8) is 0 Å². The fourth-order valence-electron chi connectivity index (χ4n) is 7.22. The van der Waals surface area contributed by atoms with Crippen molar-refractivity contribution < 1.29 is 14.4 Å². The zero-order chi connectivity index (χ0) is 26.8. The van der Waals surface area contributed by atoms with Gasteiger partial charge in [-0.3, -0.25) is 14.4 Å². The van der Waals surface area contributed by atoms with Crippen molar-refractivity contribution in [3.8, 4) is 5.69 Å².